The van der Waals surface area contributed by atoms with Crippen LogP contribution in [0, 0.1) is 50.2 Å². The largest absolute Gasteiger partial charge is 0.550 e. The monoisotopic (exact) mass is 820 g/mol. The number of ether oxygens (including phenoxy) is 4. The van der Waals surface area contributed by atoms with Gasteiger partial charge in [0, 0.05) is 17.3 Å². The lowest BCUT2D eigenvalue weighted by Crippen LogP contribution is -2.68. The lowest BCUT2D eigenvalue weighted by atomic mass is 9.33. The van der Waals surface area contributed by atoms with E-state index in [0.717, 1.165) is 24.8 Å². The summed E-state index contributed by atoms with van der Waals surface area (Å²) in [6.45, 7) is 14.7. The van der Waals surface area contributed by atoms with E-state index in [2.05, 4.69) is 27.7 Å². The topological polar surface area (TPSA) is 273 Å². The quantitative estimate of drug-likeness (QED) is 0.178. The van der Waals surface area contributed by atoms with E-state index in [1.165, 1.54) is 0 Å². The molecule has 16 nitrogen and oxygen atoms in total. The number of hydrogen-bond acceptors (Lipinski definition) is 15. The molecule has 0 aromatic heterocycles. The van der Waals surface area contributed by atoms with Crippen molar-refractivity contribution in [2.24, 2.45) is 50.2 Å². The predicted molar refractivity (Wildman–Crippen MR) is 194 cm³/mol. The fourth-order valence-electron chi connectivity index (χ4n) is 13.4. The molecule has 0 bridgehead atoms. The summed E-state index contributed by atoms with van der Waals surface area (Å²) in [6.07, 6.45) is -12.9. The van der Waals surface area contributed by atoms with Crippen molar-refractivity contribution in [2.45, 2.75) is 174 Å². The Labute approximate surface area is 337 Å². The highest BCUT2D eigenvalue weighted by molar-refractivity contribution is 5.95. The van der Waals surface area contributed by atoms with Gasteiger partial charge in [-0.2, -0.15) is 0 Å². The standard InChI is InChI=1S/C42H62O16/c1-37(2)21-8-11-42(7)31(20(43)16-18-19-17-39(4,36(53)54)13-12-38(19,3)14-15-41(18,42)6)40(21,5)10-9-22(37)55-35-30(26(47)25(46)29(57-35)33(51)52)58-34-27(48)23(44)24(45)28(56-34)32(49)50/h16,19,21-31,34-35,44-48H,8-15,17H2,1-7H3,(H,49,50)(H,51,52)(H,53,54)/p-2/t19?,21?,22?,23-,24-,25-,26-,27+,28-,29-,30?,31?,34-,35-,38+,39-,40-,41+,42+/m0/s1. The summed E-state index contributed by atoms with van der Waals surface area (Å²) in [5.41, 5.74) is -2.06. The summed E-state index contributed by atoms with van der Waals surface area (Å²) in [4.78, 5) is 51.1. The molecule has 0 amide bonds. The summed E-state index contributed by atoms with van der Waals surface area (Å²) >= 11 is 0. The van der Waals surface area contributed by atoms with Crippen LogP contribution in [0.15, 0.2) is 11.6 Å². The maximum Gasteiger partial charge on any atom is 0.335 e. The Kier molecular flexibility index (Phi) is 10.7. The molecule has 7 rings (SSSR count). The van der Waals surface area contributed by atoms with Gasteiger partial charge in [-0.25, -0.2) is 4.79 Å². The van der Waals surface area contributed by atoms with E-state index in [9.17, 15) is 60.0 Å². The van der Waals surface area contributed by atoms with Crippen LogP contribution < -0.4 is 10.2 Å². The molecule has 7 aliphatic rings. The predicted octanol–water partition coefficient (Wildman–Crippen LogP) is -0.424. The molecule has 2 heterocycles. The van der Waals surface area contributed by atoms with Crippen molar-refractivity contribution in [3.63, 3.8) is 0 Å². The maximum atomic E-state index is 14.8. The molecule has 0 spiro atoms. The first-order valence-electron chi connectivity index (χ1n) is 20.7. The molecule has 0 aromatic carbocycles. The first kappa shape index (κ1) is 43.5. The highest BCUT2D eigenvalue weighted by Crippen LogP contribution is 2.75. The number of aliphatic hydroxyl groups excluding tert-OH is 5. The van der Waals surface area contributed by atoms with Crippen molar-refractivity contribution < 1.29 is 79.0 Å². The molecule has 58 heavy (non-hydrogen) atoms. The van der Waals surface area contributed by atoms with Gasteiger partial charge in [-0.15, -0.1) is 0 Å². The Morgan fingerprint density at radius 1 is 0.741 bits per heavy atom. The lowest BCUT2D eigenvalue weighted by molar-refractivity contribution is -0.382. The first-order chi connectivity index (χ1) is 26.8. The average molecular weight is 821 g/mol. The summed E-state index contributed by atoms with van der Waals surface area (Å²) < 4.78 is 23.2. The zero-order chi connectivity index (χ0) is 42.9. The molecule has 0 radical (unpaired) electrons. The van der Waals surface area contributed by atoms with Crippen molar-refractivity contribution in [3.05, 3.63) is 11.6 Å². The third-order valence-corrected chi connectivity index (χ3v) is 17.2. The molecule has 6 fully saturated rings. The maximum absolute atomic E-state index is 14.8. The van der Waals surface area contributed by atoms with E-state index in [1.807, 2.05) is 19.9 Å². The van der Waals surface area contributed by atoms with Gasteiger partial charge in [0.2, 0.25) is 0 Å². The molecule has 4 saturated carbocycles. The van der Waals surface area contributed by atoms with Crippen LogP contribution >= 0.6 is 0 Å². The zero-order valence-electron chi connectivity index (χ0n) is 34.3. The minimum atomic E-state index is -2.15. The molecule has 326 valence electrons. The summed E-state index contributed by atoms with van der Waals surface area (Å²) in [7, 11) is 0. The summed E-state index contributed by atoms with van der Waals surface area (Å²) in [5.74, 6) is -5.08. The highest BCUT2D eigenvalue weighted by Gasteiger charge is 2.70. The van der Waals surface area contributed by atoms with E-state index in [4.69, 9.17) is 18.9 Å². The van der Waals surface area contributed by atoms with Gasteiger partial charge in [0.1, 0.15) is 42.7 Å². The minimum absolute atomic E-state index is 0.0426. The first-order valence-corrected chi connectivity index (χ1v) is 20.7. The van der Waals surface area contributed by atoms with Crippen LogP contribution in [-0.4, -0.2) is 122 Å². The van der Waals surface area contributed by atoms with Crippen LogP contribution in [0.3, 0.4) is 0 Å². The van der Waals surface area contributed by atoms with Gasteiger partial charge >= 0.3 is 5.97 Å². The normalized spacial score (nSPS) is 52.6. The van der Waals surface area contributed by atoms with E-state index in [1.54, 1.807) is 6.92 Å². The smallest absolute Gasteiger partial charge is 0.335 e. The third-order valence-electron chi connectivity index (χ3n) is 17.2. The average Bonchev–Trinajstić information content (AvgIpc) is 3.13. The van der Waals surface area contributed by atoms with Crippen molar-refractivity contribution >= 4 is 23.7 Å². The van der Waals surface area contributed by atoms with Gasteiger partial charge in [-0.1, -0.05) is 54.0 Å². The number of allylic oxidation sites excluding steroid dienone is 2. The van der Waals surface area contributed by atoms with Crippen molar-refractivity contribution in [2.75, 3.05) is 0 Å². The minimum Gasteiger partial charge on any atom is -0.550 e. The zero-order valence-corrected chi connectivity index (χ0v) is 34.3. The van der Waals surface area contributed by atoms with Crippen LogP contribution in [0.1, 0.15) is 106 Å². The third kappa shape index (κ3) is 6.25. The molecule has 5 unspecified atom stereocenters. The van der Waals surface area contributed by atoms with E-state index < -0.39 is 107 Å². The fraction of sp³-hybridized carbons (Fsp3) is 0.857. The Morgan fingerprint density at radius 3 is 1.98 bits per heavy atom. The van der Waals surface area contributed by atoms with Crippen LogP contribution in [0.5, 0.6) is 0 Å². The van der Waals surface area contributed by atoms with E-state index in [0.29, 0.717) is 38.5 Å². The molecule has 5 aliphatic carbocycles. The number of hydrogen-bond donors (Lipinski definition) is 6. The molecule has 0 aromatic rings. The molecule has 6 N–H and O–H groups in total. The number of carboxylic acids is 3. The summed E-state index contributed by atoms with van der Waals surface area (Å²) in [6, 6.07) is 0. The van der Waals surface area contributed by atoms with Crippen molar-refractivity contribution in [3.8, 4) is 0 Å². The van der Waals surface area contributed by atoms with Crippen molar-refractivity contribution in [1.82, 2.24) is 0 Å². The van der Waals surface area contributed by atoms with Crippen molar-refractivity contribution in [1.29, 1.82) is 0 Å². The molecule has 16 heteroatoms. The van der Waals surface area contributed by atoms with Crippen LogP contribution in [0.4, 0.5) is 0 Å². The Balaban J connectivity index is 1.17. The SMILES string of the molecule is CC1(C)C(O[C@H]2O[C@H](C(=O)O)[C@@H](O)[C@H](O)C2O[C@@H]2O[C@H](C(=O)[O-])[C@@H](O)[C@H](O)[C@H]2O)CC[C@@]2(C)C1CC[C@]1(C)C2C(=O)C=C2C3C[C@@](C)(C(=O)[O-])CC[C@]3(C)CC[C@]21C. The van der Waals surface area contributed by atoms with Gasteiger partial charge < -0.3 is 69.4 Å². The van der Waals surface area contributed by atoms with Gasteiger partial charge in [0.25, 0.3) is 0 Å². The number of aliphatic carboxylic acids is 3. The number of rotatable bonds is 7. The second kappa shape index (κ2) is 14.3. The van der Waals surface area contributed by atoms with E-state index >= 15 is 0 Å². The Bertz CT molecular complexity index is 1730. The molecular weight excluding hydrogens is 760 g/mol. The number of carbonyl (C=O) groups is 4. The highest BCUT2D eigenvalue weighted by atomic mass is 16.8. The lowest BCUT2D eigenvalue weighted by Gasteiger charge is -2.70. The number of aliphatic hydroxyl groups is 5. The van der Waals surface area contributed by atoms with Gasteiger partial charge in [0.15, 0.2) is 24.5 Å². The van der Waals surface area contributed by atoms with Crippen LogP contribution in [-0.2, 0) is 38.1 Å². The number of carbonyl (C=O) groups excluding carboxylic acids is 3. The molecular formula is C42H60O16-2. The molecule has 19 atom stereocenters. The van der Waals surface area contributed by atoms with E-state index in [-0.39, 0.29) is 34.4 Å². The number of ketones is 1. The number of fused-ring (bicyclic) bond motifs is 7. The second-order valence-electron chi connectivity index (χ2n) is 20.6. The van der Waals surface area contributed by atoms with Gasteiger partial charge in [0.05, 0.1) is 12.1 Å². The fourth-order valence-corrected chi connectivity index (χ4v) is 13.4. The summed E-state index contributed by atoms with van der Waals surface area (Å²) in [5, 5.41) is 87.1. The Morgan fingerprint density at radius 2 is 1.36 bits per heavy atom. The van der Waals surface area contributed by atoms with Crippen LogP contribution in [0.25, 0.3) is 0 Å². The number of carboxylic acid groups (broad SMARTS) is 3. The molecule has 2 aliphatic heterocycles. The Hall–Kier alpha value is -2.54. The molecule has 2 saturated heterocycles. The van der Waals surface area contributed by atoms with Gasteiger partial charge in [-0.05, 0) is 103 Å². The van der Waals surface area contributed by atoms with Crippen LogP contribution in [0.2, 0.25) is 0 Å². The van der Waals surface area contributed by atoms with Gasteiger partial charge in [-0.3, -0.25) is 4.79 Å². The second-order valence-corrected chi connectivity index (χ2v) is 20.6.